The third kappa shape index (κ3) is 3.57. The number of nitrogens with one attached hydrogen (secondary N) is 1. The molecule has 1 amide bonds. The molecule has 3 nitrogen and oxygen atoms in total. The van der Waals surface area contributed by atoms with E-state index in [-0.39, 0.29) is 5.91 Å². The summed E-state index contributed by atoms with van der Waals surface area (Å²) in [6.07, 6.45) is 3.95. The van der Waals surface area contributed by atoms with Gasteiger partial charge in [0.05, 0.1) is 5.69 Å². The molecule has 4 heteroatoms. The van der Waals surface area contributed by atoms with E-state index < -0.39 is 0 Å². The summed E-state index contributed by atoms with van der Waals surface area (Å²) >= 11 is 1.47. The quantitative estimate of drug-likeness (QED) is 0.463. The van der Waals surface area contributed by atoms with Gasteiger partial charge in [-0.25, -0.2) is 0 Å². The van der Waals surface area contributed by atoms with E-state index in [1.165, 1.54) is 22.5 Å². The molecule has 2 heterocycles. The fourth-order valence-corrected chi connectivity index (χ4v) is 3.98. The van der Waals surface area contributed by atoms with Gasteiger partial charge in [-0.3, -0.25) is 4.79 Å². The topological polar surface area (TPSA) is 34.0 Å². The lowest BCUT2D eigenvalue weighted by atomic mass is 10.0. The Hall–Kier alpha value is -3.11. The highest BCUT2D eigenvalue weighted by molar-refractivity contribution is 7.13. The van der Waals surface area contributed by atoms with E-state index in [9.17, 15) is 4.79 Å². The number of benzene rings is 2. The van der Waals surface area contributed by atoms with Crippen LogP contribution in [0.3, 0.4) is 0 Å². The predicted molar refractivity (Wildman–Crippen MR) is 113 cm³/mol. The summed E-state index contributed by atoms with van der Waals surface area (Å²) in [6, 6.07) is 20.2. The molecule has 0 bridgehead atoms. The van der Waals surface area contributed by atoms with Gasteiger partial charge in [-0.15, -0.1) is 11.3 Å². The molecule has 0 fully saturated rings. The number of rotatable bonds is 4. The van der Waals surface area contributed by atoms with Crippen molar-refractivity contribution in [3.8, 4) is 16.8 Å². The normalized spacial score (nSPS) is 10.7. The molecule has 4 rings (SSSR count). The molecule has 0 aliphatic carbocycles. The fourth-order valence-electron chi connectivity index (χ4n) is 3.02. The third-order valence-electron chi connectivity index (χ3n) is 4.51. The number of carbonyl (C=O) groups is 1. The molecule has 134 valence electrons. The Morgan fingerprint density at radius 3 is 2.11 bits per heavy atom. The molecule has 1 N–H and O–H groups in total. The van der Waals surface area contributed by atoms with Gasteiger partial charge in [-0.1, -0.05) is 47.5 Å². The molecule has 0 radical (unpaired) electrons. The number of amides is 1. The van der Waals surface area contributed by atoms with E-state index in [1.807, 2.05) is 60.3 Å². The van der Waals surface area contributed by atoms with E-state index in [1.54, 1.807) is 0 Å². The molecular weight excluding hydrogens is 352 g/mol. The van der Waals surface area contributed by atoms with Crippen molar-refractivity contribution in [1.29, 1.82) is 0 Å². The average Bonchev–Trinajstić information content (AvgIpc) is 3.33. The maximum absolute atomic E-state index is 13.0. The minimum Gasteiger partial charge on any atom is -0.322 e. The first-order valence-corrected chi connectivity index (χ1v) is 9.70. The molecule has 27 heavy (non-hydrogen) atoms. The van der Waals surface area contributed by atoms with Gasteiger partial charge in [0.15, 0.2) is 0 Å². The zero-order valence-electron chi connectivity index (χ0n) is 15.3. The Bertz CT molecular complexity index is 1060. The Kier molecular flexibility index (Phi) is 4.65. The maximum Gasteiger partial charge on any atom is 0.267 e. The van der Waals surface area contributed by atoms with Crippen molar-refractivity contribution >= 4 is 22.9 Å². The second kappa shape index (κ2) is 7.25. The highest BCUT2D eigenvalue weighted by atomic mass is 32.1. The van der Waals surface area contributed by atoms with Crippen molar-refractivity contribution in [2.45, 2.75) is 13.8 Å². The second-order valence-electron chi connectivity index (χ2n) is 6.60. The van der Waals surface area contributed by atoms with Crippen LogP contribution >= 0.6 is 11.3 Å². The summed E-state index contributed by atoms with van der Waals surface area (Å²) in [7, 11) is 0. The maximum atomic E-state index is 13.0. The average molecular weight is 372 g/mol. The standard InChI is InChI=1S/C23H20N2OS/c1-16-5-9-18(10-6-16)20-15-27-22(21(20)25-13-3-4-14-25)23(26)24-19-11-7-17(2)8-12-19/h3-15H,1-2H3,(H,24,26). The van der Waals surface area contributed by atoms with Gasteiger partial charge in [0.25, 0.3) is 5.91 Å². The van der Waals surface area contributed by atoms with Crippen LogP contribution in [0.5, 0.6) is 0 Å². The summed E-state index contributed by atoms with van der Waals surface area (Å²) in [6.45, 7) is 4.10. The lowest BCUT2D eigenvalue weighted by molar-refractivity contribution is 0.103. The number of anilines is 1. The largest absolute Gasteiger partial charge is 0.322 e. The number of nitrogens with zero attached hydrogens (tertiary/aromatic N) is 1. The molecule has 2 aromatic carbocycles. The van der Waals surface area contributed by atoms with Crippen LogP contribution in [0.4, 0.5) is 5.69 Å². The van der Waals surface area contributed by atoms with Gasteiger partial charge < -0.3 is 9.88 Å². The Morgan fingerprint density at radius 1 is 0.889 bits per heavy atom. The monoisotopic (exact) mass is 372 g/mol. The molecule has 2 aromatic heterocycles. The highest BCUT2D eigenvalue weighted by Crippen LogP contribution is 2.35. The first-order valence-electron chi connectivity index (χ1n) is 8.82. The van der Waals surface area contributed by atoms with Gasteiger partial charge in [-0.05, 0) is 43.7 Å². The van der Waals surface area contributed by atoms with E-state index in [2.05, 4.69) is 41.9 Å². The molecule has 0 spiro atoms. The number of aryl methyl sites for hydroxylation is 2. The lowest BCUT2D eigenvalue weighted by Gasteiger charge is -2.10. The van der Waals surface area contributed by atoms with Gasteiger partial charge in [0.2, 0.25) is 0 Å². The summed E-state index contributed by atoms with van der Waals surface area (Å²) in [5.74, 6) is -0.0917. The van der Waals surface area contributed by atoms with Gasteiger partial charge in [0, 0.05) is 29.0 Å². The first kappa shape index (κ1) is 17.3. The van der Waals surface area contributed by atoms with Crippen molar-refractivity contribution < 1.29 is 4.79 Å². The number of hydrogen-bond donors (Lipinski definition) is 1. The van der Waals surface area contributed by atoms with Crippen LogP contribution < -0.4 is 5.32 Å². The molecule has 0 saturated carbocycles. The van der Waals surface area contributed by atoms with Crippen LogP contribution in [0.25, 0.3) is 16.8 Å². The summed E-state index contributed by atoms with van der Waals surface area (Å²) < 4.78 is 2.01. The number of carbonyl (C=O) groups excluding carboxylic acids is 1. The molecule has 4 aromatic rings. The lowest BCUT2D eigenvalue weighted by Crippen LogP contribution is -2.12. The SMILES string of the molecule is Cc1ccc(NC(=O)c2scc(-c3ccc(C)cc3)c2-n2cccc2)cc1. The van der Waals surface area contributed by atoms with Crippen molar-refractivity contribution in [3.63, 3.8) is 0 Å². The third-order valence-corrected chi connectivity index (χ3v) is 5.47. The number of hydrogen-bond acceptors (Lipinski definition) is 2. The Labute approximate surface area is 162 Å². The summed E-state index contributed by atoms with van der Waals surface area (Å²) in [5.41, 5.74) is 6.26. The van der Waals surface area contributed by atoms with Crippen LogP contribution in [0.15, 0.2) is 78.4 Å². The molecular formula is C23H20N2OS. The van der Waals surface area contributed by atoms with Gasteiger partial charge >= 0.3 is 0 Å². The minimum absolute atomic E-state index is 0.0917. The molecule has 0 unspecified atom stereocenters. The van der Waals surface area contributed by atoms with Crippen molar-refractivity contribution in [2.24, 2.45) is 0 Å². The second-order valence-corrected chi connectivity index (χ2v) is 7.48. The van der Waals surface area contributed by atoms with Crippen LogP contribution in [0, 0.1) is 13.8 Å². The van der Waals surface area contributed by atoms with Crippen LogP contribution in [-0.2, 0) is 0 Å². The molecule has 0 saturated heterocycles. The number of aromatic nitrogens is 1. The molecule has 0 atom stereocenters. The van der Waals surface area contributed by atoms with Crippen LogP contribution in [0.1, 0.15) is 20.8 Å². The summed E-state index contributed by atoms with van der Waals surface area (Å²) in [4.78, 5) is 13.7. The Balaban J connectivity index is 1.75. The van der Waals surface area contributed by atoms with Crippen LogP contribution in [0.2, 0.25) is 0 Å². The zero-order chi connectivity index (χ0) is 18.8. The first-order chi connectivity index (χ1) is 13.1. The molecule has 0 aliphatic rings. The zero-order valence-corrected chi connectivity index (χ0v) is 16.1. The predicted octanol–water partition coefficient (Wildman–Crippen LogP) is 6.07. The number of thiophene rings is 1. The summed E-state index contributed by atoms with van der Waals surface area (Å²) in [5, 5.41) is 5.08. The minimum atomic E-state index is -0.0917. The fraction of sp³-hybridized carbons (Fsp3) is 0.0870. The van der Waals surface area contributed by atoms with E-state index in [0.29, 0.717) is 4.88 Å². The molecule has 0 aliphatic heterocycles. The highest BCUT2D eigenvalue weighted by Gasteiger charge is 2.20. The van der Waals surface area contributed by atoms with Crippen molar-refractivity contribution in [3.05, 3.63) is 94.4 Å². The Morgan fingerprint density at radius 2 is 1.48 bits per heavy atom. The van der Waals surface area contributed by atoms with E-state index in [4.69, 9.17) is 0 Å². The van der Waals surface area contributed by atoms with E-state index in [0.717, 1.165) is 22.5 Å². The van der Waals surface area contributed by atoms with Crippen molar-refractivity contribution in [1.82, 2.24) is 4.57 Å². The van der Waals surface area contributed by atoms with Gasteiger partial charge in [0.1, 0.15) is 4.88 Å². The van der Waals surface area contributed by atoms with E-state index >= 15 is 0 Å². The van der Waals surface area contributed by atoms with Crippen molar-refractivity contribution in [2.75, 3.05) is 5.32 Å². The smallest absolute Gasteiger partial charge is 0.267 e. The van der Waals surface area contributed by atoms with Gasteiger partial charge in [-0.2, -0.15) is 0 Å². The van der Waals surface area contributed by atoms with Crippen LogP contribution in [-0.4, -0.2) is 10.5 Å².